The maximum absolute atomic E-state index is 13.4. The van der Waals surface area contributed by atoms with Crippen molar-refractivity contribution in [2.45, 2.75) is 19.5 Å². The van der Waals surface area contributed by atoms with Crippen LogP contribution < -0.4 is 5.32 Å². The number of nitrogens with one attached hydrogen (secondary N) is 1. The molecule has 7 nitrogen and oxygen atoms in total. The number of hydrogen-bond donors (Lipinski definition) is 1. The lowest BCUT2D eigenvalue weighted by Crippen LogP contribution is -2.65. The Balaban J connectivity index is 1.51. The lowest BCUT2D eigenvalue weighted by Gasteiger charge is -2.42. The number of rotatable bonds is 3. The average molecular weight is 376 g/mol. The van der Waals surface area contributed by atoms with Crippen LogP contribution in [0, 0.1) is 18.6 Å². The number of aryl methyl sites for hydroxylation is 1. The largest absolute Gasteiger partial charge is 0.441 e. The van der Waals surface area contributed by atoms with Gasteiger partial charge >= 0.3 is 0 Å². The number of oxazole rings is 1. The molecule has 1 N–H and O–H groups in total. The van der Waals surface area contributed by atoms with E-state index in [1.54, 1.807) is 11.8 Å². The van der Waals surface area contributed by atoms with E-state index in [4.69, 9.17) is 4.42 Å². The highest BCUT2D eigenvalue weighted by molar-refractivity contribution is 5.95. The third kappa shape index (κ3) is 3.42. The van der Waals surface area contributed by atoms with Crippen LogP contribution in [0.25, 0.3) is 11.5 Å². The van der Waals surface area contributed by atoms with Crippen LogP contribution in [-0.4, -0.2) is 58.8 Å². The van der Waals surface area contributed by atoms with Crippen LogP contribution in [0.5, 0.6) is 0 Å². The zero-order valence-corrected chi connectivity index (χ0v) is 14.7. The van der Waals surface area contributed by atoms with Gasteiger partial charge in [-0.1, -0.05) is 0 Å². The molecular weight excluding hydrogens is 358 g/mol. The molecule has 2 amide bonds. The van der Waals surface area contributed by atoms with Crippen molar-refractivity contribution in [2.75, 3.05) is 26.2 Å². The first-order valence-corrected chi connectivity index (χ1v) is 8.63. The molecule has 0 unspecified atom stereocenters. The van der Waals surface area contributed by atoms with Crippen LogP contribution in [0.15, 0.2) is 22.6 Å². The number of aromatic nitrogens is 1. The summed E-state index contributed by atoms with van der Waals surface area (Å²) in [7, 11) is 0. The van der Waals surface area contributed by atoms with E-state index in [9.17, 15) is 18.4 Å². The third-order valence-electron chi connectivity index (χ3n) is 4.88. The molecule has 3 heterocycles. The van der Waals surface area contributed by atoms with Gasteiger partial charge in [0.25, 0.3) is 0 Å². The highest BCUT2D eigenvalue weighted by atomic mass is 19.1. The van der Waals surface area contributed by atoms with E-state index in [1.807, 2.05) is 4.90 Å². The zero-order valence-electron chi connectivity index (χ0n) is 14.7. The minimum Gasteiger partial charge on any atom is -0.441 e. The average Bonchev–Trinajstić information content (AvgIpc) is 2.98. The van der Waals surface area contributed by atoms with Gasteiger partial charge in [0, 0.05) is 37.8 Å². The lowest BCUT2D eigenvalue weighted by molar-refractivity contribution is -0.149. The Morgan fingerprint density at radius 1 is 1.22 bits per heavy atom. The molecule has 2 fully saturated rings. The molecule has 2 aliphatic rings. The Morgan fingerprint density at radius 2 is 1.96 bits per heavy atom. The first kappa shape index (κ1) is 17.6. The molecule has 9 heteroatoms. The standard InChI is InChI=1S/C18H18F2N4O3/c1-10-14(22-18(27-10)11-4-12(19)6-13(20)5-11)8-23-2-3-24-15(9-23)17(26)21-7-16(24)25/h4-6,15H,2-3,7-9H2,1H3,(H,21,26)/t15-/m0/s1. The van der Waals surface area contributed by atoms with E-state index in [1.165, 1.54) is 0 Å². The summed E-state index contributed by atoms with van der Waals surface area (Å²) >= 11 is 0. The Bertz CT molecular complexity index is 894. The fraction of sp³-hybridized carbons (Fsp3) is 0.389. The number of hydrogen-bond acceptors (Lipinski definition) is 5. The fourth-order valence-corrected chi connectivity index (χ4v) is 3.48. The second-order valence-corrected chi connectivity index (χ2v) is 6.74. The van der Waals surface area contributed by atoms with Crippen molar-refractivity contribution in [2.24, 2.45) is 0 Å². The molecular formula is C18H18F2N4O3. The monoisotopic (exact) mass is 376 g/mol. The maximum atomic E-state index is 13.4. The van der Waals surface area contributed by atoms with Crippen molar-refractivity contribution in [1.29, 1.82) is 0 Å². The van der Waals surface area contributed by atoms with Crippen molar-refractivity contribution in [3.8, 4) is 11.5 Å². The van der Waals surface area contributed by atoms with Gasteiger partial charge in [0.1, 0.15) is 23.4 Å². The summed E-state index contributed by atoms with van der Waals surface area (Å²) in [5, 5.41) is 2.60. The van der Waals surface area contributed by atoms with Crippen LogP contribution >= 0.6 is 0 Å². The number of halogens is 2. The maximum Gasteiger partial charge on any atom is 0.244 e. The number of fused-ring (bicyclic) bond motifs is 1. The molecule has 0 spiro atoms. The molecule has 2 aromatic rings. The van der Waals surface area contributed by atoms with Gasteiger partial charge in [0.2, 0.25) is 17.7 Å². The van der Waals surface area contributed by atoms with Gasteiger partial charge in [-0.3, -0.25) is 14.5 Å². The van der Waals surface area contributed by atoms with E-state index in [0.29, 0.717) is 37.6 Å². The summed E-state index contributed by atoms with van der Waals surface area (Å²) in [5.41, 5.74) is 0.856. The molecule has 0 saturated carbocycles. The van der Waals surface area contributed by atoms with E-state index < -0.39 is 17.7 Å². The van der Waals surface area contributed by atoms with Crippen molar-refractivity contribution >= 4 is 11.8 Å². The number of benzene rings is 1. The van der Waals surface area contributed by atoms with Crippen molar-refractivity contribution in [1.82, 2.24) is 20.1 Å². The predicted octanol–water partition coefficient (Wildman–Crippen LogP) is 1.07. The lowest BCUT2D eigenvalue weighted by atomic mass is 10.1. The van der Waals surface area contributed by atoms with Crippen LogP contribution in [0.1, 0.15) is 11.5 Å². The molecule has 0 aliphatic carbocycles. The number of amides is 2. The number of carbonyl (C=O) groups excluding carboxylic acids is 2. The molecule has 0 radical (unpaired) electrons. The Kier molecular flexibility index (Phi) is 4.39. The number of piperazine rings is 2. The fourth-order valence-electron chi connectivity index (χ4n) is 3.48. The first-order chi connectivity index (χ1) is 12.9. The van der Waals surface area contributed by atoms with Crippen LogP contribution in [0.4, 0.5) is 8.78 Å². The summed E-state index contributed by atoms with van der Waals surface area (Å²) in [6, 6.07) is 2.60. The molecule has 2 saturated heterocycles. The topological polar surface area (TPSA) is 78.7 Å². The predicted molar refractivity (Wildman–Crippen MR) is 90.4 cm³/mol. The Hall–Kier alpha value is -2.81. The smallest absolute Gasteiger partial charge is 0.244 e. The quantitative estimate of drug-likeness (QED) is 0.867. The Labute approximate surface area is 153 Å². The molecule has 2 aliphatic heterocycles. The molecule has 27 heavy (non-hydrogen) atoms. The van der Waals surface area contributed by atoms with Crippen LogP contribution in [0.2, 0.25) is 0 Å². The van der Waals surface area contributed by atoms with Crippen LogP contribution in [-0.2, 0) is 16.1 Å². The van der Waals surface area contributed by atoms with E-state index in [0.717, 1.165) is 18.2 Å². The summed E-state index contributed by atoms with van der Waals surface area (Å²) in [6.07, 6.45) is 0. The normalized spacial score (nSPS) is 20.6. The van der Waals surface area contributed by atoms with Crippen molar-refractivity contribution in [3.63, 3.8) is 0 Å². The van der Waals surface area contributed by atoms with Gasteiger partial charge in [-0.2, -0.15) is 0 Å². The molecule has 142 valence electrons. The molecule has 0 bridgehead atoms. The second-order valence-electron chi connectivity index (χ2n) is 6.74. The SMILES string of the molecule is Cc1oc(-c2cc(F)cc(F)c2)nc1CN1CCN2C(=O)CNC(=O)[C@@H]2C1. The molecule has 1 aromatic carbocycles. The molecule has 1 atom stereocenters. The first-order valence-electron chi connectivity index (χ1n) is 8.63. The number of carbonyl (C=O) groups is 2. The highest BCUT2D eigenvalue weighted by Crippen LogP contribution is 2.25. The summed E-state index contributed by atoms with van der Waals surface area (Å²) in [4.78, 5) is 32.0. The number of nitrogens with zero attached hydrogens (tertiary/aromatic N) is 3. The van der Waals surface area contributed by atoms with Gasteiger partial charge in [-0.25, -0.2) is 13.8 Å². The van der Waals surface area contributed by atoms with E-state index in [2.05, 4.69) is 10.3 Å². The van der Waals surface area contributed by atoms with Gasteiger partial charge in [0.15, 0.2) is 0 Å². The minimum atomic E-state index is -0.702. The molecule has 4 rings (SSSR count). The summed E-state index contributed by atoms with van der Waals surface area (Å²) < 4.78 is 32.4. The summed E-state index contributed by atoms with van der Waals surface area (Å²) in [6.45, 7) is 3.66. The van der Waals surface area contributed by atoms with Crippen molar-refractivity contribution < 1.29 is 22.8 Å². The van der Waals surface area contributed by atoms with Gasteiger partial charge in [0.05, 0.1) is 12.2 Å². The molecule has 1 aromatic heterocycles. The van der Waals surface area contributed by atoms with Gasteiger partial charge in [-0.05, 0) is 19.1 Å². The van der Waals surface area contributed by atoms with Crippen LogP contribution in [0.3, 0.4) is 0 Å². The van der Waals surface area contributed by atoms with E-state index >= 15 is 0 Å². The second kappa shape index (κ2) is 6.73. The van der Waals surface area contributed by atoms with Crippen molar-refractivity contribution in [3.05, 3.63) is 41.3 Å². The van der Waals surface area contributed by atoms with E-state index in [-0.39, 0.29) is 29.8 Å². The Morgan fingerprint density at radius 3 is 2.70 bits per heavy atom. The summed E-state index contributed by atoms with van der Waals surface area (Å²) in [5.74, 6) is -0.955. The zero-order chi connectivity index (χ0) is 19.1. The third-order valence-corrected chi connectivity index (χ3v) is 4.88. The van der Waals surface area contributed by atoms with Gasteiger partial charge < -0.3 is 14.6 Å². The highest BCUT2D eigenvalue weighted by Gasteiger charge is 2.38. The van der Waals surface area contributed by atoms with Gasteiger partial charge in [-0.15, -0.1) is 0 Å². The minimum absolute atomic E-state index is 0.0469.